The molecule has 1 aromatic rings. The minimum Gasteiger partial charge on any atom is -0.370 e. The number of anilines is 1. The van der Waals surface area contributed by atoms with E-state index >= 15 is 0 Å². The lowest BCUT2D eigenvalue weighted by atomic mass is 10.1. The van der Waals surface area contributed by atoms with Gasteiger partial charge in [-0.15, -0.1) is 0 Å². The Hall–Kier alpha value is -1.30. The van der Waals surface area contributed by atoms with Crippen LogP contribution >= 0.6 is 0 Å². The molecule has 1 fully saturated rings. The number of pyridine rings is 1. The average molecular weight is 287 g/mol. The standard InChI is InChI=1S/C14H20F3N3/c1-11(10-20-6-2-3-7-20)9-19-13-8-12(4-5-18-13)14(15,16)17/h4-5,8,11H,2-3,6-7,9-10H2,1H3,(H,18,19). The fraction of sp³-hybridized carbons (Fsp3) is 0.643. The van der Waals surface area contributed by atoms with E-state index in [2.05, 4.69) is 22.1 Å². The highest BCUT2D eigenvalue weighted by Crippen LogP contribution is 2.29. The van der Waals surface area contributed by atoms with Gasteiger partial charge in [0.15, 0.2) is 0 Å². The largest absolute Gasteiger partial charge is 0.416 e. The molecule has 1 atom stereocenters. The van der Waals surface area contributed by atoms with Gasteiger partial charge in [-0.05, 0) is 44.0 Å². The van der Waals surface area contributed by atoms with Crippen molar-refractivity contribution in [1.82, 2.24) is 9.88 Å². The summed E-state index contributed by atoms with van der Waals surface area (Å²) in [5.74, 6) is 0.664. The third-order valence-electron chi connectivity index (χ3n) is 3.49. The van der Waals surface area contributed by atoms with E-state index in [-0.39, 0.29) is 5.82 Å². The first-order chi connectivity index (χ1) is 9.45. The molecule has 0 spiro atoms. The molecule has 20 heavy (non-hydrogen) atoms. The summed E-state index contributed by atoms with van der Waals surface area (Å²) >= 11 is 0. The molecule has 1 unspecified atom stereocenters. The molecule has 2 rings (SSSR count). The number of nitrogens with zero attached hydrogens (tertiary/aromatic N) is 2. The van der Waals surface area contributed by atoms with Crippen LogP contribution in [0.25, 0.3) is 0 Å². The van der Waals surface area contributed by atoms with Crippen molar-refractivity contribution < 1.29 is 13.2 Å². The van der Waals surface area contributed by atoms with Gasteiger partial charge in [0.1, 0.15) is 5.82 Å². The van der Waals surface area contributed by atoms with E-state index in [9.17, 15) is 13.2 Å². The number of rotatable bonds is 5. The SMILES string of the molecule is CC(CNc1cc(C(F)(F)F)ccn1)CN1CCCC1. The van der Waals surface area contributed by atoms with Crippen LogP contribution in [0.1, 0.15) is 25.3 Å². The van der Waals surface area contributed by atoms with E-state index in [4.69, 9.17) is 0 Å². The van der Waals surface area contributed by atoms with Crippen LogP contribution in [-0.2, 0) is 6.18 Å². The second-order valence-electron chi connectivity index (χ2n) is 5.42. The summed E-state index contributed by atoms with van der Waals surface area (Å²) in [5, 5.41) is 2.99. The van der Waals surface area contributed by atoms with Crippen molar-refractivity contribution in [2.75, 3.05) is 31.5 Å². The van der Waals surface area contributed by atoms with Crippen LogP contribution in [0, 0.1) is 5.92 Å². The van der Waals surface area contributed by atoms with Crippen LogP contribution in [0.4, 0.5) is 19.0 Å². The first-order valence-corrected chi connectivity index (χ1v) is 6.94. The number of likely N-dealkylation sites (tertiary alicyclic amines) is 1. The molecule has 0 saturated carbocycles. The van der Waals surface area contributed by atoms with Crippen molar-refractivity contribution in [2.45, 2.75) is 25.9 Å². The summed E-state index contributed by atoms with van der Waals surface area (Å²) < 4.78 is 37.7. The van der Waals surface area contributed by atoms with Crippen LogP contribution in [0.15, 0.2) is 18.3 Å². The molecular weight excluding hydrogens is 267 g/mol. The fourth-order valence-electron chi connectivity index (χ4n) is 2.45. The molecule has 1 N–H and O–H groups in total. The van der Waals surface area contributed by atoms with E-state index < -0.39 is 11.7 Å². The molecule has 1 aliphatic rings. The number of hydrogen-bond acceptors (Lipinski definition) is 3. The minimum absolute atomic E-state index is 0.285. The molecule has 0 aromatic carbocycles. The Labute approximate surface area is 117 Å². The lowest BCUT2D eigenvalue weighted by Gasteiger charge is -2.20. The molecule has 0 bridgehead atoms. The first-order valence-electron chi connectivity index (χ1n) is 6.94. The maximum Gasteiger partial charge on any atom is 0.416 e. The topological polar surface area (TPSA) is 28.2 Å². The van der Waals surface area contributed by atoms with E-state index in [0.717, 1.165) is 31.8 Å². The van der Waals surface area contributed by atoms with Gasteiger partial charge in [0.05, 0.1) is 5.56 Å². The van der Waals surface area contributed by atoms with Crippen molar-refractivity contribution >= 4 is 5.82 Å². The molecule has 0 amide bonds. The fourth-order valence-corrected chi connectivity index (χ4v) is 2.45. The highest BCUT2D eigenvalue weighted by molar-refractivity contribution is 5.38. The number of alkyl halides is 3. The minimum atomic E-state index is -4.32. The van der Waals surface area contributed by atoms with Gasteiger partial charge in [0.2, 0.25) is 0 Å². The highest BCUT2D eigenvalue weighted by Gasteiger charge is 2.30. The summed E-state index contributed by atoms with van der Waals surface area (Å²) in [5.41, 5.74) is -0.665. The average Bonchev–Trinajstić information content (AvgIpc) is 2.88. The van der Waals surface area contributed by atoms with Crippen LogP contribution < -0.4 is 5.32 Å². The van der Waals surface area contributed by atoms with Gasteiger partial charge >= 0.3 is 6.18 Å². The summed E-state index contributed by atoms with van der Waals surface area (Å²) in [6.07, 6.45) is -0.637. The molecule has 0 radical (unpaired) electrons. The Morgan fingerprint density at radius 3 is 2.70 bits per heavy atom. The van der Waals surface area contributed by atoms with E-state index in [0.29, 0.717) is 12.5 Å². The smallest absolute Gasteiger partial charge is 0.370 e. The molecule has 112 valence electrons. The third kappa shape index (κ3) is 4.37. The van der Waals surface area contributed by atoms with Crippen molar-refractivity contribution in [2.24, 2.45) is 5.92 Å². The lowest BCUT2D eigenvalue weighted by molar-refractivity contribution is -0.137. The Balaban J connectivity index is 1.84. The van der Waals surface area contributed by atoms with E-state index in [1.54, 1.807) is 0 Å². The van der Waals surface area contributed by atoms with Crippen LogP contribution in [0.2, 0.25) is 0 Å². The predicted octanol–water partition coefficient (Wildman–Crippen LogP) is 3.24. The van der Waals surface area contributed by atoms with E-state index in [1.165, 1.54) is 19.0 Å². The second-order valence-corrected chi connectivity index (χ2v) is 5.42. The molecule has 2 heterocycles. The number of hydrogen-bond donors (Lipinski definition) is 1. The van der Waals surface area contributed by atoms with Crippen molar-refractivity contribution in [3.05, 3.63) is 23.9 Å². The molecule has 6 heteroatoms. The van der Waals surface area contributed by atoms with Gasteiger partial charge < -0.3 is 10.2 Å². The first kappa shape index (κ1) is 15.1. The van der Waals surface area contributed by atoms with Gasteiger partial charge in [-0.3, -0.25) is 0 Å². The quantitative estimate of drug-likeness (QED) is 0.901. The predicted molar refractivity (Wildman–Crippen MR) is 72.6 cm³/mol. The van der Waals surface area contributed by atoms with E-state index in [1.807, 2.05) is 0 Å². The van der Waals surface area contributed by atoms with Crippen LogP contribution in [0.3, 0.4) is 0 Å². The third-order valence-corrected chi connectivity index (χ3v) is 3.49. The van der Waals surface area contributed by atoms with Gasteiger partial charge in [-0.1, -0.05) is 6.92 Å². The summed E-state index contributed by atoms with van der Waals surface area (Å²) in [6, 6.07) is 2.04. The molecule has 1 saturated heterocycles. The van der Waals surface area contributed by atoms with Gasteiger partial charge in [-0.2, -0.15) is 13.2 Å². The zero-order chi connectivity index (χ0) is 14.6. The second kappa shape index (κ2) is 6.43. The van der Waals surface area contributed by atoms with Crippen molar-refractivity contribution in [3.8, 4) is 0 Å². The number of aromatic nitrogens is 1. The Morgan fingerprint density at radius 1 is 1.35 bits per heavy atom. The Kier molecular flexibility index (Phi) is 4.86. The van der Waals surface area contributed by atoms with Crippen molar-refractivity contribution in [1.29, 1.82) is 0 Å². The van der Waals surface area contributed by atoms with Gasteiger partial charge in [0.25, 0.3) is 0 Å². The normalized spacial score (nSPS) is 18.2. The molecule has 0 aliphatic carbocycles. The maximum absolute atomic E-state index is 12.6. The highest BCUT2D eigenvalue weighted by atomic mass is 19.4. The molecular formula is C14H20F3N3. The summed E-state index contributed by atoms with van der Waals surface area (Å²) in [7, 11) is 0. The van der Waals surface area contributed by atoms with Crippen LogP contribution in [-0.4, -0.2) is 36.1 Å². The lowest BCUT2D eigenvalue weighted by Crippen LogP contribution is -2.29. The van der Waals surface area contributed by atoms with Gasteiger partial charge in [-0.25, -0.2) is 4.98 Å². The van der Waals surface area contributed by atoms with Crippen LogP contribution in [0.5, 0.6) is 0 Å². The van der Waals surface area contributed by atoms with Crippen molar-refractivity contribution in [3.63, 3.8) is 0 Å². The van der Waals surface area contributed by atoms with Gasteiger partial charge in [0, 0.05) is 19.3 Å². The Bertz CT molecular complexity index is 428. The zero-order valence-electron chi connectivity index (χ0n) is 11.6. The zero-order valence-corrected chi connectivity index (χ0v) is 11.6. The summed E-state index contributed by atoms with van der Waals surface area (Å²) in [4.78, 5) is 6.33. The number of nitrogens with one attached hydrogen (secondary N) is 1. The molecule has 3 nitrogen and oxygen atoms in total. The Morgan fingerprint density at radius 2 is 2.05 bits per heavy atom. The molecule has 1 aliphatic heterocycles. The maximum atomic E-state index is 12.6. The monoisotopic (exact) mass is 287 g/mol. The molecule has 1 aromatic heterocycles. The summed E-state index contributed by atoms with van der Waals surface area (Å²) in [6.45, 7) is 5.97. The number of halogens is 3.